The van der Waals surface area contributed by atoms with Crippen molar-refractivity contribution in [2.24, 2.45) is 4.99 Å². The molecule has 3 rings (SSSR count). The van der Waals surface area contributed by atoms with E-state index < -0.39 is 0 Å². The molecule has 0 radical (unpaired) electrons. The van der Waals surface area contributed by atoms with Gasteiger partial charge in [0.2, 0.25) is 0 Å². The molecule has 1 spiro atoms. The number of ether oxygens (including phenoxy) is 1. The number of amidine groups is 1. The Bertz CT molecular complexity index is 323. The summed E-state index contributed by atoms with van der Waals surface area (Å²) in [5, 5.41) is 4.90. The monoisotopic (exact) mass is 283 g/mol. The van der Waals surface area contributed by atoms with Gasteiger partial charge in [0.15, 0.2) is 5.17 Å². The molecule has 108 valence electrons. The van der Waals surface area contributed by atoms with E-state index >= 15 is 0 Å². The van der Waals surface area contributed by atoms with Gasteiger partial charge in [-0.1, -0.05) is 31.0 Å². The van der Waals surface area contributed by atoms with E-state index in [0.29, 0.717) is 5.54 Å². The molecule has 1 N–H and O–H groups in total. The van der Waals surface area contributed by atoms with E-state index in [9.17, 15) is 0 Å². The SMILES string of the molecule is C1CCC2(CC1)CSC(=NCCN1CCOCC1)N2. The standard InChI is InChI=1S/C14H25N3OS/c1-2-4-14(5-3-1)12-19-13(16-14)15-6-7-17-8-10-18-11-9-17/h1-12H2,(H,15,16). The third-order valence-corrected chi connectivity index (χ3v) is 5.64. The van der Waals surface area contributed by atoms with Crippen molar-refractivity contribution in [1.82, 2.24) is 10.2 Å². The smallest absolute Gasteiger partial charge is 0.157 e. The van der Waals surface area contributed by atoms with Crippen LogP contribution in [0.4, 0.5) is 0 Å². The van der Waals surface area contributed by atoms with E-state index in [1.807, 2.05) is 11.8 Å². The normalized spacial score (nSPS) is 29.8. The molecule has 3 aliphatic rings. The molecule has 2 aliphatic heterocycles. The van der Waals surface area contributed by atoms with Crippen LogP contribution in [0.25, 0.3) is 0 Å². The second-order valence-electron chi connectivity index (χ2n) is 5.90. The lowest BCUT2D eigenvalue weighted by Gasteiger charge is -2.32. The average molecular weight is 283 g/mol. The highest BCUT2D eigenvalue weighted by Crippen LogP contribution is 2.35. The first kappa shape index (κ1) is 13.7. The van der Waals surface area contributed by atoms with Gasteiger partial charge >= 0.3 is 0 Å². The Labute approximate surface area is 120 Å². The fourth-order valence-corrected chi connectivity index (χ4v) is 4.45. The molecule has 3 fully saturated rings. The van der Waals surface area contributed by atoms with Crippen LogP contribution in [0, 0.1) is 0 Å². The zero-order valence-corrected chi connectivity index (χ0v) is 12.5. The average Bonchev–Trinajstić information content (AvgIpc) is 2.84. The summed E-state index contributed by atoms with van der Waals surface area (Å²) in [6.07, 6.45) is 6.85. The van der Waals surface area contributed by atoms with Crippen molar-refractivity contribution in [3.8, 4) is 0 Å². The number of aliphatic imine (C=N–C) groups is 1. The summed E-state index contributed by atoms with van der Waals surface area (Å²) >= 11 is 1.93. The van der Waals surface area contributed by atoms with Crippen LogP contribution in [-0.2, 0) is 4.74 Å². The maximum Gasteiger partial charge on any atom is 0.157 e. The first-order valence-corrected chi connectivity index (χ1v) is 8.60. The van der Waals surface area contributed by atoms with E-state index in [4.69, 9.17) is 9.73 Å². The highest BCUT2D eigenvalue weighted by Gasteiger charge is 2.37. The molecule has 0 aromatic heterocycles. The Hall–Kier alpha value is -0.260. The molecular formula is C14H25N3OS. The molecule has 0 aromatic rings. The molecule has 2 heterocycles. The van der Waals surface area contributed by atoms with Crippen LogP contribution in [0.5, 0.6) is 0 Å². The molecule has 0 unspecified atom stereocenters. The summed E-state index contributed by atoms with van der Waals surface area (Å²) in [6.45, 7) is 5.89. The Kier molecular flexibility index (Phi) is 4.66. The van der Waals surface area contributed by atoms with E-state index in [1.165, 1.54) is 43.0 Å². The lowest BCUT2D eigenvalue weighted by molar-refractivity contribution is 0.0394. The second-order valence-corrected chi connectivity index (χ2v) is 6.86. The molecule has 5 heteroatoms. The lowest BCUT2D eigenvalue weighted by Crippen LogP contribution is -2.45. The summed E-state index contributed by atoms with van der Waals surface area (Å²) in [7, 11) is 0. The summed E-state index contributed by atoms with van der Waals surface area (Å²) in [5.74, 6) is 1.23. The van der Waals surface area contributed by atoms with Crippen molar-refractivity contribution >= 4 is 16.9 Å². The number of rotatable bonds is 3. The molecule has 1 saturated carbocycles. The predicted molar refractivity (Wildman–Crippen MR) is 81.0 cm³/mol. The Morgan fingerprint density at radius 3 is 2.79 bits per heavy atom. The molecular weight excluding hydrogens is 258 g/mol. The fourth-order valence-electron chi connectivity index (χ4n) is 3.21. The summed E-state index contributed by atoms with van der Waals surface area (Å²) < 4.78 is 5.36. The number of nitrogens with zero attached hydrogens (tertiary/aromatic N) is 2. The van der Waals surface area contributed by atoms with Crippen LogP contribution in [0.15, 0.2) is 4.99 Å². The van der Waals surface area contributed by atoms with Gasteiger partial charge < -0.3 is 10.1 Å². The summed E-state index contributed by atoms with van der Waals surface area (Å²) in [6, 6.07) is 0. The maximum atomic E-state index is 5.36. The molecule has 19 heavy (non-hydrogen) atoms. The van der Waals surface area contributed by atoms with Crippen molar-refractivity contribution < 1.29 is 4.74 Å². The van der Waals surface area contributed by atoms with Gasteiger partial charge in [0.25, 0.3) is 0 Å². The highest BCUT2D eigenvalue weighted by molar-refractivity contribution is 8.14. The predicted octanol–water partition coefficient (Wildman–Crippen LogP) is 1.71. The molecule has 4 nitrogen and oxygen atoms in total. The topological polar surface area (TPSA) is 36.9 Å². The van der Waals surface area contributed by atoms with E-state index in [1.54, 1.807) is 0 Å². The molecule has 1 aliphatic carbocycles. The van der Waals surface area contributed by atoms with E-state index in [2.05, 4.69) is 10.2 Å². The zero-order valence-electron chi connectivity index (χ0n) is 11.7. The number of hydrogen-bond acceptors (Lipinski definition) is 4. The second kappa shape index (κ2) is 6.46. The van der Waals surface area contributed by atoms with Crippen molar-refractivity contribution in [2.45, 2.75) is 37.6 Å². The van der Waals surface area contributed by atoms with Gasteiger partial charge in [-0.2, -0.15) is 0 Å². The van der Waals surface area contributed by atoms with Crippen LogP contribution in [0.1, 0.15) is 32.1 Å². The molecule has 0 aromatic carbocycles. The molecule has 2 saturated heterocycles. The number of thioether (sulfide) groups is 1. The van der Waals surface area contributed by atoms with Crippen LogP contribution in [0.2, 0.25) is 0 Å². The molecule has 0 atom stereocenters. The third kappa shape index (κ3) is 3.64. The number of hydrogen-bond donors (Lipinski definition) is 1. The van der Waals surface area contributed by atoms with Crippen molar-refractivity contribution in [3.63, 3.8) is 0 Å². The van der Waals surface area contributed by atoms with Crippen LogP contribution < -0.4 is 5.32 Å². The van der Waals surface area contributed by atoms with E-state index in [-0.39, 0.29) is 0 Å². The summed E-state index contributed by atoms with van der Waals surface area (Å²) in [5.41, 5.74) is 0.390. The van der Waals surface area contributed by atoms with Gasteiger partial charge in [0.05, 0.1) is 19.8 Å². The maximum absolute atomic E-state index is 5.36. The van der Waals surface area contributed by atoms with E-state index in [0.717, 1.165) is 39.4 Å². The number of morpholine rings is 1. The van der Waals surface area contributed by atoms with Crippen molar-refractivity contribution in [3.05, 3.63) is 0 Å². The Morgan fingerprint density at radius 1 is 1.21 bits per heavy atom. The van der Waals surface area contributed by atoms with Gasteiger partial charge in [-0.25, -0.2) is 0 Å². The first-order valence-electron chi connectivity index (χ1n) is 7.62. The lowest BCUT2D eigenvalue weighted by atomic mass is 9.83. The van der Waals surface area contributed by atoms with Gasteiger partial charge in [-0.15, -0.1) is 0 Å². The van der Waals surface area contributed by atoms with Gasteiger partial charge in [0.1, 0.15) is 0 Å². The number of nitrogens with one attached hydrogen (secondary N) is 1. The van der Waals surface area contributed by atoms with Crippen molar-refractivity contribution in [1.29, 1.82) is 0 Å². The minimum Gasteiger partial charge on any atom is -0.379 e. The van der Waals surface area contributed by atoms with Gasteiger partial charge in [-0.05, 0) is 12.8 Å². The fraction of sp³-hybridized carbons (Fsp3) is 0.929. The Morgan fingerprint density at radius 2 is 2.00 bits per heavy atom. The van der Waals surface area contributed by atoms with Crippen LogP contribution in [0.3, 0.4) is 0 Å². The first-order chi connectivity index (χ1) is 9.36. The van der Waals surface area contributed by atoms with Crippen molar-refractivity contribution in [2.75, 3.05) is 45.1 Å². The zero-order chi connectivity index (χ0) is 13.0. The summed E-state index contributed by atoms with van der Waals surface area (Å²) in [4.78, 5) is 7.20. The minimum atomic E-state index is 0.390. The molecule has 0 amide bonds. The third-order valence-electron chi connectivity index (χ3n) is 4.44. The molecule has 0 bridgehead atoms. The largest absolute Gasteiger partial charge is 0.379 e. The van der Waals surface area contributed by atoms with Crippen LogP contribution in [-0.4, -0.2) is 60.8 Å². The quantitative estimate of drug-likeness (QED) is 0.855. The van der Waals surface area contributed by atoms with Crippen LogP contribution >= 0.6 is 11.8 Å². The highest BCUT2D eigenvalue weighted by atomic mass is 32.2. The van der Waals surface area contributed by atoms with Gasteiger partial charge in [-0.3, -0.25) is 9.89 Å². The minimum absolute atomic E-state index is 0.390. The Balaban J connectivity index is 1.43. The van der Waals surface area contributed by atoms with Gasteiger partial charge in [0, 0.05) is 30.9 Å².